The minimum atomic E-state index is -4.73. The minimum absolute atomic E-state index is 0.266. The number of anilines is 1. The van der Waals surface area contributed by atoms with Gasteiger partial charge in [-0.05, 0) is 65.8 Å². The Bertz CT molecular complexity index is 1150. The maximum atomic E-state index is 12.5. The Morgan fingerprint density at radius 3 is 2.31 bits per heavy atom. The molecule has 0 amide bonds. The van der Waals surface area contributed by atoms with Crippen molar-refractivity contribution in [2.24, 2.45) is 0 Å². The molecule has 0 aliphatic carbocycles. The molecular formula is C27H29F3N2O4. The monoisotopic (exact) mass is 502 g/mol. The van der Waals surface area contributed by atoms with Gasteiger partial charge < -0.3 is 19.5 Å². The molecule has 2 aromatic carbocycles. The molecule has 9 heteroatoms. The van der Waals surface area contributed by atoms with Crippen LogP contribution in [0.5, 0.6) is 11.5 Å². The van der Waals surface area contributed by atoms with Crippen LogP contribution < -0.4 is 14.4 Å². The molecule has 0 saturated carbocycles. The molecule has 6 nitrogen and oxygen atoms in total. The van der Waals surface area contributed by atoms with Gasteiger partial charge in [-0.1, -0.05) is 44.2 Å². The quantitative estimate of drug-likeness (QED) is 0.340. The highest BCUT2D eigenvalue weighted by Crippen LogP contribution is 2.25. The second-order valence-corrected chi connectivity index (χ2v) is 8.75. The molecule has 36 heavy (non-hydrogen) atoms. The molecule has 0 aliphatic heterocycles. The van der Waals surface area contributed by atoms with Gasteiger partial charge in [0.1, 0.15) is 17.3 Å². The molecule has 1 aromatic heterocycles. The van der Waals surface area contributed by atoms with E-state index in [0.717, 1.165) is 28.1 Å². The SMILES string of the molecule is Cc1cc(CCN(Cc2ccc(OC(F)(F)F)cc2)c2ccc(C(C)C)cn2)ccc1OCC(=O)O. The van der Waals surface area contributed by atoms with E-state index >= 15 is 0 Å². The van der Waals surface area contributed by atoms with Gasteiger partial charge in [-0.15, -0.1) is 13.2 Å². The number of rotatable bonds is 11. The Hall–Kier alpha value is -3.75. The number of hydrogen-bond donors (Lipinski definition) is 1. The van der Waals surface area contributed by atoms with Gasteiger partial charge in [0.2, 0.25) is 0 Å². The summed E-state index contributed by atoms with van der Waals surface area (Å²) in [5.41, 5.74) is 3.79. The Labute approximate surface area is 208 Å². The highest BCUT2D eigenvalue weighted by atomic mass is 19.4. The fourth-order valence-corrected chi connectivity index (χ4v) is 3.65. The van der Waals surface area contributed by atoms with Crippen molar-refractivity contribution in [1.82, 2.24) is 4.98 Å². The Balaban J connectivity index is 1.76. The number of hydrogen-bond acceptors (Lipinski definition) is 5. The standard InChI is InChI=1S/C27H29F3N2O4/c1-18(2)22-7-11-25(31-15-22)32(16-21-4-8-23(9-5-21)36-27(28,29)30)13-12-20-6-10-24(19(3)14-20)35-17-26(33)34/h4-11,14-15,18H,12-13,16-17H2,1-3H3,(H,33,34). The van der Waals surface area contributed by atoms with Crippen molar-refractivity contribution in [2.75, 3.05) is 18.1 Å². The smallest absolute Gasteiger partial charge is 0.482 e. The van der Waals surface area contributed by atoms with Crippen molar-refractivity contribution in [3.05, 3.63) is 83.0 Å². The van der Waals surface area contributed by atoms with Crippen molar-refractivity contribution in [2.45, 2.75) is 46.0 Å². The van der Waals surface area contributed by atoms with Crippen LogP contribution in [0.4, 0.5) is 19.0 Å². The van der Waals surface area contributed by atoms with Gasteiger partial charge in [-0.25, -0.2) is 9.78 Å². The van der Waals surface area contributed by atoms with E-state index in [4.69, 9.17) is 9.84 Å². The van der Waals surface area contributed by atoms with Crippen molar-refractivity contribution >= 4 is 11.8 Å². The molecule has 0 fully saturated rings. The molecule has 0 unspecified atom stereocenters. The summed E-state index contributed by atoms with van der Waals surface area (Å²) < 4.78 is 46.7. The zero-order valence-electron chi connectivity index (χ0n) is 20.4. The molecule has 0 bridgehead atoms. The predicted molar refractivity (Wildman–Crippen MR) is 131 cm³/mol. The van der Waals surface area contributed by atoms with E-state index in [1.165, 1.54) is 12.1 Å². The first-order valence-electron chi connectivity index (χ1n) is 11.5. The second kappa shape index (κ2) is 11.8. The lowest BCUT2D eigenvalue weighted by atomic mass is 10.1. The van der Waals surface area contributed by atoms with Crippen LogP contribution in [-0.2, 0) is 17.8 Å². The zero-order chi connectivity index (χ0) is 26.3. The number of nitrogens with zero attached hydrogens (tertiary/aromatic N) is 2. The Kier molecular flexibility index (Phi) is 8.79. The molecule has 0 radical (unpaired) electrons. The molecule has 192 valence electrons. The van der Waals surface area contributed by atoms with Crippen LogP contribution >= 0.6 is 0 Å². The molecule has 1 N–H and O–H groups in total. The van der Waals surface area contributed by atoms with Gasteiger partial charge in [0, 0.05) is 19.3 Å². The van der Waals surface area contributed by atoms with Crippen LogP contribution in [-0.4, -0.2) is 35.6 Å². The number of aryl methyl sites for hydroxylation is 1. The van der Waals surface area contributed by atoms with Crippen molar-refractivity contribution in [3.63, 3.8) is 0 Å². The topological polar surface area (TPSA) is 71.9 Å². The van der Waals surface area contributed by atoms with Crippen LogP contribution in [0.2, 0.25) is 0 Å². The lowest BCUT2D eigenvalue weighted by Gasteiger charge is -2.25. The average molecular weight is 503 g/mol. The first-order valence-corrected chi connectivity index (χ1v) is 11.5. The summed E-state index contributed by atoms with van der Waals surface area (Å²) in [5, 5.41) is 8.81. The van der Waals surface area contributed by atoms with Gasteiger partial charge >= 0.3 is 12.3 Å². The third kappa shape index (κ3) is 8.18. The third-order valence-corrected chi connectivity index (χ3v) is 5.55. The van der Waals surface area contributed by atoms with Crippen molar-refractivity contribution in [1.29, 1.82) is 0 Å². The number of ether oxygens (including phenoxy) is 2. The highest BCUT2D eigenvalue weighted by molar-refractivity contribution is 5.68. The van der Waals surface area contributed by atoms with E-state index in [2.05, 4.69) is 28.5 Å². The maximum absolute atomic E-state index is 12.5. The fourth-order valence-electron chi connectivity index (χ4n) is 3.65. The number of aromatic nitrogens is 1. The van der Waals surface area contributed by atoms with Crippen molar-refractivity contribution < 1.29 is 32.5 Å². The number of aliphatic carboxylic acids is 1. The number of carbonyl (C=O) groups is 1. The molecule has 0 saturated heterocycles. The Morgan fingerprint density at radius 1 is 1.06 bits per heavy atom. The van der Waals surface area contributed by atoms with Gasteiger partial charge in [-0.2, -0.15) is 0 Å². The summed E-state index contributed by atoms with van der Waals surface area (Å²) in [4.78, 5) is 17.4. The molecule has 3 rings (SSSR count). The molecule has 3 aromatic rings. The van der Waals surface area contributed by atoms with E-state index in [1.807, 2.05) is 37.4 Å². The summed E-state index contributed by atoms with van der Waals surface area (Å²) in [6.07, 6.45) is -2.23. The first kappa shape index (κ1) is 26.8. The number of carboxylic acid groups (broad SMARTS) is 1. The van der Waals surface area contributed by atoms with Gasteiger partial charge in [-0.3, -0.25) is 0 Å². The van der Waals surface area contributed by atoms with E-state index in [9.17, 15) is 18.0 Å². The van der Waals surface area contributed by atoms with E-state index in [0.29, 0.717) is 31.2 Å². The van der Waals surface area contributed by atoms with Crippen LogP contribution in [0.3, 0.4) is 0 Å². The number of carboxylic acids is 1. The number of benzene rings is 2. The van der Waals surface area contributed by atoms with Crippen LogP contribution in [0.1, 0.15) is 42.0 Å². The normalized spacial score (nSPS) is 11.4. The number of alkyl halides is 3. The second-order valence-electron chi connectivity index (χ2n) is 8.75. The average Bonchev–Trinajstić information content (AvgIpc) is 2.81. The lowest BCUT2D eigenvalue weighted by Crippen LogP contribution is -2.26. The van der Waals surface area contributed by atoms with Crippen molar-refractivity contribution in [3.8, 4) is 11.5 Å². The predicted octanol–water partition coefficient (Wildman–Crippen LogP) is 6.12. The first-order chi connectivity index (χ1) is 17.0. The maximum Gasteiger partial charge on any atom is 0.573 e. The van der Waals surface area contributed by atoms with Gasteiger partial charge in [0.15, 0.2) is 6.61 Å². The number of halogens is 3. The molecule has 0 spiro atoms. The van der Waals surface area contributed by atoms with Gasteiger partial charge in [0.25, 0.3) is 0 Å². The summed E-state index contributed by atoms with van der Waals surface area (Å²) in [6.45, 7) is 6.67. The highest BCUT2D eigenvalue weighted by Gasteiger charge is 2.31. The molecule has 1 heterocycles. The fraction of sp³-hybridized carbons (Fsp3) is 0.333. The van der Waals surface area contributed by atoms with Crippen LogP contribution in [0, 0.1) is 6.92 Å². The zero-order valence-corrected chi connectivity index (χ0v) is 20.4. The summed E-state index contributed by atoms with van der Waals surface area (Å²) in [5.74, 6) is 0.310. The minimum Gasteiger partial charge on any atom is -0.482 e. The summed E-state index contributed by atoms with van der Waals surface area (Å²) >= 11 is 0. The molecule has 0 atom stereocenters. The van der Waals surface area contributed by atoms with E-state index in [1.54, 1.807) is 18.2 Å². The van der Waals surface area contributed by atoms with Crippen LogP contribution in [0.15, 0.2) is 60.8 Å². The van der Waals surface area contributed by atoms with E-state index < -0.39 is 18.9 Å². The Morgan fingerprint density at radius 2 is 1.75 bits per heavy atom. The largest absolute Gasteiger partial charge is 0.573 e. The molecule has 0 aliphatic rings. The van der Waals surface area contributed by atoms with E-state index in [-0.39, 0.29) is 5.75 Å². The summed E-state index contributed by atoms with van der Waals surface area (Å²) in [7, 11) is 0. The lowest BCUT2D eigenvalue weighted by molar-refractivity contribution is -0.274. The summed E-state index contributed by atoms with van der Waals surface area (Å²) in [6, 6.07) is 15.4. The van der Waals surface area contributed by atoms with Gasteiger partial charge in [0.05, 0.1) is 0 Å². The number of pyridine rings is 1. The van der Waals surface area contributed by atoms with Crippen LogP contribution in [0.25, 0.3) is 0 Å². The third-order valence-electron chi connectivity index (χ3n) is 5.55. The molecular weight excluding hydrogens is 473 g/mol.